The molecule has 0 unspecified atom stereocenters. The second-order valence-corrected chi connectivity index (χ2v) is 6.91. The smallest absolute Gasteiger partial charge is 0.316 e. The number of halogens is 3. The highest BCUT2D eigenvalue weighted by Crippen LogP contribution is 2.35. The summed E-state index contributed by atoms with van der Waals surface area (Å²) in [6.07, 6.45) is 1.73. The minimum Gasteiger partial charge on any atom is -0.316 e. The van der Waals surface area contributed by atoms with E-state index in [0.29, 0.717) is 35.0 Å². The molecule has 1 aliphatic carbocycles. The van der Waals surface area contributed by atoms with E-state index in [1.165, 1.54) is 0 Å². The van der Waals surface area contributed by atoms with Crippen molar-refractivity contribution in [3.8, 4) is 6.07 Å². The predicted octanol–water partition coefficient (Wildman–Crippen LogP) is 6.10. The van der Waals surface area contributed by atoms with Crippen molar-refractivity contribution in [3.63, 3.8) is 0 Å². The largest absolute Gasteiger partial charge is 0.416 e. The van der Waals surface area contributed by atoms with Gasteiger partial charge in [-0.25, -0.2) is 0 Å². The van der Waals surface area contributed by atoms with E-state index in [4.69, 9.17) is 4.28 Å². The fraction of sp³-hybridized carbons (Fsp3) is 0.0476. The summed E-state index contributed by atoms with van der Waals surface area (Å²) >= 11 is 0.460. The Labute approximate surface area is 179 Å². The molecule has 1 aliphatic rings. The lowest BCUT2D eigenvalue weighted by molar-refractivity contribution is -0.385. The number of nitrogens with zero attached hydrogens (tertiary/aromatic N) is 3. The molecule has 0 bridgehead atoms. The molecular formula is C21H12F3N3O3S. The molecule has 0 saturated heterocycles. The van der Waals surface area contributed by atoms with Gasteiger partial charge in [0.2, 0.25) is 0 Å². The molecule has 0 spiro atoms. The van der Waals surface area contributed by atoms with Gasteiger partial charge in [-0.2, -0.15) is 18.4 Å². The van der Waals surface area contributed by atoms with Crippen LogP contribution in [-0.2, 0) is 10.5 Å². The molecule has 31 heavy (non-hydrogen) atoms. The number of nitro groups is 1. The summed E-state index contributed by atoms with van der Waals surface area (Å²) in [5, 5.41) is 24.1. The van der Waals surface area contributed by atoms with Crippen LogP contribution in [0.2, 0.25) is 0 Å². The lowest BCUT2D eigenvalue weighted by Gasteiger charge is -2.08. The number of nitro benzene ring substituents is 1. The predicted molar refractivity (Wildman–Crippen MR) is 110 cm³/mol. The van der Waals surface area contributed by atoms with Crippen LogP contribution in [0.4, 0.5) is 18.9 Å². The van der Waals surface area contributed by atoms with Gasteiger partial charge in [-0.05, 0) is 29.4 Å². The fourth-order valence-electron chi connectivity index (χ4n) is 2.59. The number of benzene rings is 2. The standard InChI is InChI=1S/C21H12F3N3O3S/c22-21(23,24)16-10-18(27(28)29)12-19(11-16)31-30-26-17-8-6-15(7-9-17)20(13-25)14-4-2-1-3-5-14/h1-12H. The molecule has 0 aromatic heterocycles. The Morgan fingerprint density at radius 3 is 2.35 bits per heavy atom. The van der Waals surface area contributed by atoms with Crippen molar-refractivity contribution in [1.29, 1.82) is 5.26 Å². The number of non-ortho nitro benzene ring substituents is 1. The van der Waals surface area contributed by atoms with Crippen molar-refractivity contribution in [2.75, 3.05) is 0 Å². The summed E-state index contributed by atoms with van der Waals surface area (Å²) in [7, 11) is 0. The van der Waals surface area contributed by atoms with Crippen LogP contribution in [0.1, 0.15) is 11.1 Å². The third-order valence-electron chi connectivity index (χ3n) is 4.04. The molecule has 0 heterocycles. The van der Waals surface area contributed by atoms with Crippen LogP contribution in [0, 0.1) is 21.4 Å². The first-order chi connectivity index (χ1) is 14.8. The molecule has 2 aromatic carbocycles. The Kier molecular flexibility index (Phi) is 6.57. The summed E-state index contributed by atoms with van der Waals surface area (Å²) in [5.74, 6) is 0. The number of oxime groups is 1. The summed E-state index contributed by atoms with van der Waals surface area (Å²) in [6.45, 7) is 0. The first-order valence-electron chi connectivity index (χ1n) is 8.62. The molecule has 0 radical (unpaired) electrons. The van der Waals surface area contributed by atoms with E-state index >= 15 is 0 Å². The zero-order chi connectivity index (χ0) is 22.4. The second kappa shape index (κ2) is 9.32. The third kappa shape index (κ3) is 5.61. The number of allylic oxidation sites excluding steroid dienone is 6. The van der Waals surface area contributed by atoms with Gasteiger partial charge in [0.1, 0.15) is 23.8 Å². The molecule has 10 heteroatoms. The van der Waals surface area contributed by atoms with Gasteiger partial charge in [0, 0.05) is 12.1 Å². The van der Waals surface area contributed by atoms with E-state index in [9.17, 15) is 28.5 Å². The molecule has 0 atom stereocenters. The molecule has 0 N–H and O–H groups in total. The monoisotopic (exact) mass is 443 g/mol. The topological polar surface area (TPSA) is 88.5 Å². The van der Waals surface area contributed by atoms with Gasteiger partial charge in [0.25, 0.3) is 5.69 Å². The maximum Gasteiger partial charge on any atom is 0.416 e. The molecule has 3 rings (SSSR count). The number of nitriles is 1. The maximum absolute atomic E-state index is 12.9. The molecular weight excluding hydrogens is 431 g/mol. The van der Waals surface area contributed by atoms with E-state index in [1.54, 1.807) is 24.3 Å². The summed E-state index contributed by atoms with van der Waals surface area (Å²) < 4.78 is 43.8. The third-order valence-corrected chi connectivity index (χ3v) is 4.61. The van der Waals surface area contributed by atoms with Crippen molar-refractivity contribution in [2.24, 2.45) is 5.16 Å². The number of hydrogen-bond acceptors (Lipinski definition) is 6. The van der Waals surface area contributed by atoms with Gasteiger partial charge in [-0.15, -0.1) is 0 Å². The van der Waals surface area contributed by atoms with Gasteiger partial charge in [0.15, 0.2) is 0 Å². The SMILES string of the molecule is N#CC(=C1C=CC(=NOSc2cc([N+](=O)[O-])cc(C(F)(F)F)c2)C=C1)c1ccccc1. The highest BCUT2D eigenvalue weighted by Gasteiger charge is 2.33. The molecule has 156 valence electrons. The van der Waals surface area contributed by atoms with E-state index in [2.05, 4.69) is 11.2 Å². The first-order valence-corrected chi connectivity index (χ1v) is 9.36. The van der Waals surface area contributed by atoms with Crippen LogP contribution >= 0.6 is 12.0 Å². The summed E-state index contributed by atoms with van der Waals surface area (Å²) in [5.41, 5.74) is 0.381. The first kappa shape index (κ1) is 21.9. The molecule has 0 fully saturated rings. The minimum atomic E-state index is -4.73. The average molecular weight is 443 g/mol. The number of alkyl halides is 3. The lowest BCUT2D eigenvalue weighted by atomic mass is 9.97. The van der Waals surface area contributed by atoms with Crippen LogP contribution in [0.15, 0.2) is 88.5 Å². The van der Waals surface area contributed by atoms with Crippen molar-refractivity contribution >= 4 is 29.0 Å². The fourth-order valence-corrected chi connectivity index (χ4v) is 3.15. The summed E-state index contributed by atoms with van der Waals surface area (Å²) in [4.78, 5) is 9.85. The Morgan fingerprint density at radius 2 is 1.77 bits per heavy atom. The number of rotatable bonds is 5. The second-order valence-electron chi connectivity index (χ2n) is 6.12. The molecule has 0 saturated carbocycles. The van der Waals surface area contributed by atoms with Crippen LogP contribution in [-0.4, -0.2) is 10.6 Å². The molecule has 2 aromatic rings. The molecule has 0 aliphatic heterocycles. The normalized spacial score (nSPS) is 13.0. The summed E-state index contributed by atoms with van der Waals surface area (Å²) in [6, 6.07) is 13.4. The highest BCUT2D eigenvalue weighted by atomic mass is 32.2. The zero-order valence-electron chi connectivity index (χ0n) is 15.5. The van der Waals surface area contributed by atoms with Crippen molar-refractivity contribution in [3.05, 3.63) is 99.6 Å². The van der Waals surface area contributed by atoms with Gasteiger partial charge in [-0.3, -0.25) is 10.1 Å². The van der Waals surface area contributed by atoms with Crippen LogP contribution < -0.4 is 0 Å². The minimum absolute atomic E-state index is 0.119. The van der Waals surface area contributed by atoms with Crippen molar-refractivity contribution in [1.82, 2.24) is 0 Å². The van der Waals surface area contributed by atoms with E-state index in [-0.39, 0.29) is 4.90 Å². The molecule has 6 nitrogen and oxygen atoms in total. The van der Waals surface area contributed by atoms with Gasteiger partial charge >= 0.3 is 6.18 Å². The lowest BCUT2D eigenvalue weighted by Crippen LogP contribution is -2.06. The zero-order valence-corrected chi connectivity index (χ0v) is 16.4. The van der Waals surface area contributed by atoms with Crippen molar-refractivity contribution < 1.29 is 22.4 Å². The Morgan fingerprint density at radius 1 is 1.10 bits per heavy atom. The van der Waals surface area contributed by atoms with Gasteiger partial charge in [-0.1, -0.05) is 47.6 Å². The maximum atomic E-state index is 12.9. The van der Waals surface area contributed by atoms with Gasteiger partial charge < -0.3 is 4.28 Å². The average Bonchev–Trinajstić information content (AvgIpc) is 2.75. The van der Waals surface area contributed by atoms with E-state index < -0.39 is 22.4 Å². The Hall–Kier alpha value is -3.84. The van der Waals surface area contributed by atoms with Crippen molar-refractivity contribution in [2.45, 2.75) is 11.1 Å². The molecule has 0 amide bonds. The highest BCUT2D eigenvalue weighted by molar-refractivity contribution is 7.94. The van der Waals surface area contributed by atoms with Crippen LogP contribution in [0.3, 0.4) is 0 Å². The van der Waals surface area contributed by atoms with E-state index in [0.717, 1.165) is 17.7 Å². The van der Waals surface area contributed by atoms with Crippen LogP contribution in [0.25, 0.3) is 5.57 Å². The van der Waals surface area contributed by atoms with Crippen LogP contribution in [0.5, 0.6) is 0 Å². The number of hydrogen-bond donors (Lipinski definition) is 0. The van der Waals surface area contributed by atoms with E-state index in [1.807, 2.05) is 30.3 Å². The van der Waals surface area contributed by atoms with Gasteiger partial charge in [0.05, 0.1) is 21.0 Å². The Bertz CT molecular complexity index is 1150. The quantitative estimate of drug-likeness (QED) is 0.241. The Balaban J connectivity index is 1.74.